The number of carbonyl (C=O) groups excluding carboxylic acids is 3. The summed E-state index contributed by atoms with van der Waals surface area (Å²) in [5.41, 5.74) is 0.833. The minimum absolute atomic E-state index is 0.0536. The van der Waals surface area contributed by atoms with Crippen LogP contribution in [0.15, 0.2) is 60.7 Å². The average molecular weight is 442 g/mol. The van der Waals surface area contributed by atoms with E-state index in [-0.39, 0.29) is 12.5 Å². The van der Waals surface area contributed by atoms with E-state index in [4.69, 9.17) is 14.2 Å². The van der Waals surface area contributed by atoms with Gasteiger partial charge in [-0.3, -0.25) is 14.4 Å². The molecule has 2 amide bonds. The molecule has 0 saturated carbocycles. The largest absolute Gasteiger partial charge is 0.457 e. The van der Waals surface area contributed by atoms with Crippen molar-refractivity contribution in [2.24, 2.45) is 0 Å². The quantitative estimate of drug-likeness (QED) is 0.544. The second-order valence-corrected chi connectivity index (χ2v) is 7.28. The second kappa shape index (κ2) is 10.9. The van der Waals surface area contributed by atoms with E-state index >= 15 is 0 Å². The highest BCUT2D eigenvalue weighted by molar-refractivity contribution is 5.94. The molecule has 1 fully saturated rings. The van der Waals surface area contributed by atoms with Crippen molar-refractivity contribution in [1.82, 2.24) is 10.6 Å². The molecule has 32 heavy (non-hydrogen) atoms. The van der Waals surface area contributed by atoms with Gasteiger partial charge in [-0.2, -0.15) is 0 Å². The normalized spacial score (nSPS) is 24.9. The third-order valence-electron chi connectivity index (χ3n) is 5.07. The molecule has 1 aliphatic heterocycles. The van der Waals surface area contributed by atoms with Crippen molar-refractivity contribution < 1.29 is 33.7 Å². The Labute approximate surface area is 185 Å². The monoisotopic (exact) mass is 442 g/mol. The Hall–Kier alpha value is -3.27. The van der Waals surface area contributed by atoms with Crippen molar-refractivity contribution in [2.75, 3.05) is 13.7 Å². The van der Waals surface area contributed by atoms with Gasteiger partial charge >= 0.3 is 5.97 Å². The van der Waals surface area contributed by atoms with Gasteiger partial charge in [-0.1, -0.05) is 36.4 Å². The van der Waals surface area contributed by atoms with Gasteiger partial charge in [0.2, 0.25) is 0 Å². The van der Waals surface area contributed by atoms with Gasteiger partial charge in [0.05, 0.1) is 0 Å². The smallest absolute Gasteiger partial charge is 0.303 e. The molecule has 1 heterocycles. The van der Waals surface area contributed by atoms with Gasteiger partial charge in [-0.15, -0.1) is 0 Å². The van der Waals surface area contributed by atoms with Crippen LogP contribution in [-0.2, 0) is 19.0 Å². The van der Waals surface area contributed by atoms with Gasteiger partial charge in [0, 0.05) is 31.7 Å². The SMILES string of the molecule is CO[C@@H]1[C@@H](NC(=O)c2ccccc2)[C@H](O)O[C@H](CNC(=O)c2ccccc2)[C@@H]1OC(C)=O. The highest BCUT2D eigenvalue weighted by Crippen LogP contribution is 2.25. The number of aliphatic hydroxyl groups is 1. The average Bonchev–Trinajstić information content (AvgIpc) is 2.80. The molecular weight excluding hydrogens is 416 g/mol. The summed E-state index contributed by atoms with van der Waals surface area (Å²) in [5.74, 6) is -1.39. The molecule has 0 spiro atoms. The molecule has 2 aromatic rings. The lowest BCUT2D eigenvalue weighted by molar-refractivity contribution is -0.254. The van der Waals surface area contributed by atoms with Crippen LogP contribution in [0.25, 0.3) is 0 Å². The number of nitrogens with one attached hydrogen (secondary N) is 2. The summed E-state index contributed by atoms with van der Waals surface area (Å²) in [4.78, 5) is 36.7. The van der Waals surface area contributed by atoms with E-state index in [1.54, 1.807) is 60.7 Å². The van der Waals surface area contributed by atoms with Crippen LogP contribution in [-0.4, -0.2) is 67.2 Å². The Kier molecular flexibility index (Phi) is 7.93. The highest BCUT2D eigenvalue weighted by atomic mass is 16.6. The van der Waals surface area contributed by atoms with E-state index in [2.05, 4.69) is 10.6 Å². The third kappa shape index (κ3) is 5.70. The molecule has 0 bridgehead atoms. The third-order valence-corrected chi connectivity index (χ3v) is 5.07. The maximum absolute atomic E-state index is 12.6. The molecule has 0 unspecified atom stereocenters. The van der Waals surface area contributed by atoms with Crippen LogP contribution in [0.5, 0.6) is 0 Å². The van der Waals surface area contributed by atoms with E-state index in [9.17, 15) is 19.5 Å². The van der Waals surface area contributed by atoms with Crippen LogP contribution in [0.1, 0.15) is 27.6 Å². The lowest BCUT2D eigenvalue weighted by Crippen LogP contribution is -2.66. The molecule has 2 aromatic carbocycles. The van der Waals surface area contributed by atoms with Crippen LogP contribution in [0, 0.1) is 0 Å². The Morgan fingerprint density at radius 3 is 2.03 bits per heavy atom. The van der Waals surface area contributed by atoms with Gasteiger partial charge < -0.3 is 30.0 Å². The number of esters is 1. The molecular formula is C23H26N2O7. The summed E-state index contributed by atoms with van der Waals surface area (Å²) < 4.78 is 16.5. The molecule has 0 aromatic heterocycles. The zero-order valence-corrected chi connectivity index (χ0v) is 17.8. The number of carbonyl (C=O) groups is 3. The number of ether oxygens (including phenoxy) is 3. The van der Waals surface area contributed by atoms with Crippen molar-refractivity contribution in [3.63, 3.8) is 0 Å². The Balaban J connectivity index is 1.74. The Morgan fingerprint density at radius 2 is 1.50 bits per heavy atom. The van der Waals surface area contributed by atoms with Gasteiger partial charge in [0.1, 0.15) is 18.2 Å². The fourth-order valence-corrected chi connectivity index (χ4v) is 3.56. The number of amides is 2. The van der Waals surface area contributed by atoms with Crippen molar-refractivity contribution in [1.29, 1.82) is 0 Å². The summed E-state index contributed by atoms with van der Waals surface area (Å²) in [6.07, 6.45) is -4.28. The van der Waals surface area contributed by atoms with Crippen molar-refractivity contribution in [3.05, 3.63) is 71.8 Å². The number of hydrogen-bond donors (Lipinski definition) is 3. The predicted molar refractivity (Wildman–Crippen MR) is 114 cm³/mol. The molecule has 3 rings (SSSR count). The molecule has 170 valence electrons. The number of hydrogen-bond acceptors (Lipinski definition) is 7. The first kappa shape index (κ1) is 23.4. The standard InChI is InChI=1S/C23H26N2O7/c1-14(26)31-19-17(13-24-21(27)15-9-5-3-6-10-15)32-23(29)18(20(19)30-2)25-22(28)16-11-7-4-8-12-16/h3-12,17-20,23,29H,13H2,1-2H3,(H,24,27)(H,25,28)/t17-,18-,19+,20-,23-/m1/s1. The van der Waals surface area contributed by atoms with Crippen LogP contribution in [0.4, 0.5) is 0 Å². The number of rotatable bonds is 7. The molecule has 0 aliphatic carbocycles. The topological polar surface area (TPSA) is 123 Å². The predicted octanol–water partition coefficient (Wildman–Crippen LogP) is 0.879. The summed E-state index contributed by atoms with van der Waals surface area (Å²) in [6.45, 7) is 1.18. The first-order chi connectivity index (χ1) is 15.4. The van der Waals surface area contributed by atoms with E-state index in [0.29, 0.717) is 11.1 Å². The van der Waals surface area contributed by atoms with Crippen molar-refractivity contribution in [3.8, 4) is 0 Å². The van der Waals surface area contributed by atoms with Crippen LogP contribution in [0.2, 0.25) is 0 Å². The maximum Gasteiger partial charge on any atom is 0.303 e. The lowest BCUT2D eigenvalue weighted by atomic mass is 9.95. The molecule has 5 atom stereocenters. The van der Waals surface area contributed by atoms with Gasteiger partial charge in [0.15, 0.2) is 12.4 Å². The minimum atomic E-state index is -1.46. The van der Waals surface area contributed by atoms with Crippen LogP contribution >= 0.6 is 0 Å². The van der Waals surface area contributed by atoms with Crippen molar-refractivity contribution in [2.45, 2.75) is 37.6 Å². The van der Waals surface area contributed by atoms with E-state index in [1.807, 2.05) is 0 Å². The summed E-state index contributed by atoms with van der Waals surface area (Å²) in [5, 5.41) is 16.0. The molecule has 3 N–H and O–H groups in total. The van der Waals surface area contributed by atoms with E-state index in [0.717, 1.165) is 0 Å². The minimum Gasteiger partial charge on any atom is -0.457 e. The molecule has 9 heteroatoms. The zero-order chi connectivity index (χ0) is 23.1. The molecule has 9 nitrogen and oxygen atoms in total. The first-order valence-corrected chi connectivity index (χ1v) is 10.1. The fraction of sp³-hybridized carbons (Fsp3) is 0.348. The van der Waals surface area contributed by atoms with Crippen LogP contribution < -0.4 is 10.6 Å². The van der Waals surface area contributed by atoms with Crippen LogP contribution in [0.3, 0.4) is 0 Å². The molecule has 1 saturated heterocycles. The maximum atomic E-state index is 12.6. The summed E-state index contributed by atoms with van der Waals surface area (Å²) >= 11 is 0. The first-order valence-electron chi connectivity index (χ1n) is 10.1. The number of aliphatic hydroxyl groups excluding tert-OH is 1. The number of benzene rings is 2. The summed E-state index contributed by atoms with van der Waals surface area (Å²) in [6, 6.07) is 16.0. The number of methoxy groups -OCH3 is 1. The Morgan fingerprint density at radius 1 is 0.938 bits per heavy atom. The van der Waals surface area contributed by atoms with Crippen molar-refractivity contribution >= 4 is 17.8 Å². The highest BCUT2D eigenvalue weighted by Gasteiger charge is 2.48. The summed E-state index contributed by atoms with van der Waals surface area (Å²) in [7, 11) is 1.38. The van der Waals surface area contributed by atoms with Gasteiger partial charge in [-0.05, 0) is 24.3 Å². The Bertz CT molecular complexity index is 922. The van der Waals surface area contributed by atoms with Gasteiger partial charge in [0.25, 0.3) is 11.8 Å². The lowest BCUT2D eigenvalue weighted by Gasteiger charge is -2.44. The van der Waals surface area contributed by atoms with E-state index in [1.165, 1.54) is 14.0 Å². The fourth-order valence-electron chi connectivity index (χ4n) is 3.56. The molecule has 0 radical (unpaired) electrons. The van der Waals surface area contributed by atoms with Gasteiger partial charge in [-0.25, -0.2) is 0 Å². The second-order valence-electron chi connectivity index (χ2n) is 7.28. The van der Waals surface area contributed by atoms with E-state index < -0.39 is 42.5 Å². The molecule has 1 aliphatic rings. The zero-order valence-electron chi connectivity index (χ0n) is 17.8.